The van der Waals surface area contributed by atoms with Crippen molar-refractivity contribution in [2.45, 2.75) is 103 Å². The average Bonchev–Trinajstić information content (AvgIpc) is 3.23. The van der Waals surface area contributed by atoms with Gasteiger partial charge in [-0.1, -0.05) is 48.3 Å². The Morgan fingerprint density at radius 3 is 2.44 bits per heavy atom. The van der Waals surface area contributed by atoms with Gasteiger partial charge in [-0.2, -0.15) is 0 Å². The summed E-state index contributed by atoms with van der Waals surface area (Å²) in [5.41, 5.74) is 2.16. The van der Waals surface area contributed by atoms with Gasteiger partial charge >= 0.3 is 6.09 Å². The number of nitro benzene ring substituents is 1. The number of amides is 1. The minimum absolute atomic E-state index is 0.0114. The van der Waals surface area contributed by atoms with Gasteiger partial charge in [0.25, 0.3) is 5.69 Å². The zero-order valence-corrected chi connectivity index (χ0v) is 35.5. The highest BCUT2D eigenvalue weighted by molar-refractivity contribution is 6.03. The van der Waals surface area contributed by atoms with Crippen molar-refractivity contribution in [3.05, 3.63) is 118 Å². The molecule has 0 bridgehead atoms. The molecule has 2 N–H and O–H groups in total. The van der Waals surface area contributed by atoms with Crippen molar-refractivity contribution in [2.75, 3.05) is 26.4 Å². The maximum Gasteiger partial charge on any atom is 0.410 e. The highest BCUT2D eigenvalue weighted by atomic mass is 19.1. The summed E-state index contributed by atoms with van der Waals surface area (Å²) >= 11 is 0. The third-order valence-corrected chi connectivity index (χ3v) is 11.5. The summed E-state index contributed by atoms with van der Waals surface area (Å²) in [6.07, 6.45) is 7.59. The number of hydrogen-bond donors (Lipinski definition) is 2. The SMILES string of the molecule is C=CCOC12Oc3ccc(Oc4cccc([N+](=O)[O-])c4)cc3C3C(CCCCO)C(CCCCO)C=C(C(=NOC(C)(C)C)CC1N(Cc1ccc(F)cc1)C(=O)OCC)C32. The Morgan fingerprint density at radius 1 is 1.05 bits per heavy atom. The van der Waals surface area contributed by atoms with E-state index in [1.54, 1.807) is 54.3 Å². The third-order valence-electron chi connectivity index (χ3n) is 11.5. The van der Waals surface area contributed by atoms with Crippen molar-refractivity contribution in [2.24, 2.45) is 22.9 Å². The van der Waals surface area contributed by atoms with Crippen LogP contribution in [0.1, 0.15) is 89.7 Å². The minimum atomic E-state index is -1.56. The van der Waals surface area contributed by atoms with E-state index >= 15 is 0 Å². The van der Waals surface area contributed by atoms with Crippen LogP contribution in [0.15, 0.2) is 96.2 Å². The third kappa shape index (κ3) is 10.4. The quantitative estimate of drug-likeness (QED) is 0.0514. The molecular weight excluding hydrogens is 786 g/mol. The van der Waals surface area contributed by atoms with Crippen molar-refractivity contribution in [1.82, 2.24) is 4.90 Å². The van der Waals surface area contributed by atoms with Gasteiger partial charge in [-0.25, -0.2) is 9.18 Å². The van der Waals surface area contributed by atoms with Gasteiger partial charge in [0.2, 0.25) is 5.79 Å². The van der Waals surface area contributed by atoms with Crippen LogP contribution in [0.2, 0.25) is 0 Å². The van der Waals surface area contributed by atoms with Crippen LogP contribution < -0.4 is 9.47 Å². The number of ether oxygens (including phenoxy) is 4. The fourth-order valence-corrected chi connectivity index (χ4v) is 9.00. The molecule has 0 aromatic heterocycles. The van der Waals surface area contributed by atoms with Gasteiger partial charge in [0.05, 0.1) is 35.8 Å². The van der Waals surface area contributed by atoms with E-state index in [1.807, 2.05) is 26.8 Å². The normalized spacial score (nSPS) is 23.5. The first-order chi connectivity index (χ1) is 29.3. The van der Waals surface area contributed by atoms with Gasteiger partial charge in [-0.15, -0.1) is 6.58 Å². The first kappa shape index (κ1) is 45.2. The summed E-state index contributed by atoms with van der Waals surface area (Å²) in [6, 6.07) is 16.5. The van der Waals surface area contributed by atoms with Crippen molar-refractivity contribution in [1.29, 1.82) is 0 Å². The second-order valence-corrected chi connectivity index (χ2v) is 16.8. The van der Waals surface area contributed by atoms with E-state index in [4.69, 9.17) is 28.9 Å². The lowest BCUT2D eigenvalue weighted by atomic mass is 9.55. The minimum Gasteiger partial charge on any atom is -0.459 e. The molecule has 3 aliphatic rings. The Bertz CT molecular complexity index is 2070. The van der Waals surface area contributed by atoms with Crippen LogP contribution in [0.3, 0.4) is 0 Å². The van der Waals surface area contributed by atoms with E-state index in [9.17, 15) is 29.5 Å². The smallest absolute Gasteiger partial charge is 0.410 e. The average molecular weight is 844 g/mol. The van der Waals surface area contributed by atoms with Gasteiger partial charge in [0.15, 0.2) is 0 Å². The van der Waals surface area contributed by atoms with Crippen molar-refractivity contribution < 1.29 is 48.1 Å². The van der Waals surface area contributed by atoms with Gasteiger partial charge in [0.1, 0.15) is 34.7 Å². The molecule has 13 nitrogen and oxygen atoms in total. The standard InChI is InChI=1S/C47H58FN3O10/c1-6-25-58-47-42(50(45(54)57-7-2)30-31-17-19-33(48)20-18-31)29-40(49-61-46(3,4)5)38-26-32(13-8-10-23-52)37(16-9-11-24-53)43(44(38)47)39-28-36(21-22-41(39)60-47)59-35-15-12-14-34(27-35)51(55)56/h6,12,14-15,17-22,26-28,32,37,42-44,52-53H,1,7-11,13,16,23-25,29-30H2,2-5H3. The largest absolute Gasteiger partial charge is 0.459 e. The predicted octanol–water partition coefficient (Wildman–Crippen LogP) is 9.62. The second kappa shape index (κ2) is 20.0. The van der Waals surface area contributed by atoms with Crippen molar-refractivity contribution in [3.8, 4) is 17.2 Å². The number of nitro groups is 1. The summed E-state index contributed by atoms with van der Waals surface area (Å²) < 4.78 is 40.5. The fraction of sp³-hybridized carbons (Fsp3) is 0.489. The monoisotopic (exact) mass is 843 g/mol. The maximum absolute atomic E-state index is 14.4. The van der Waals surface area contributed by atoms with Gasteiger partial charge in [0, 0.05) is 43.7 Å². The molecule has 6 rings (SSSR count). The Morgan fingerprint density at radius 2 is 1.77 bits per heavy atom. The van der Waals surface area contributed by atoms with Gasteiger partial charge in [-0.3, -0.25) is 15.0 Å². The van der Waals surface area contributed by atoms with Gasteiger partial charge in [-0.05, 0) is 113 Å². The van der Waals surface area contributed by atoms with Crippen LogP contribution in [0.5, 0.6) is 17.2 Å². The molecule has 61 heavy (non-hydrogen) atoms. The summed E-state index contributed by atoms with van der Waals surface area (Å²) in [6.45, 7) is 11.7. The predicted molar refractivity (Wildman–Crippen MR) is 228 cm³/mol. The zero-order valence-electron chi connectivity index (χ0n) is 35.5. The van der Waals surface area contributed by atoms with E-state index in [2.05, 4.69) is 12.7 Å². The van der Waals surface area contributed by atoms with Gasteiger partial charge < -0.3 is 34.0 Å². The number of aliphatic hydroxyl groups is 2. The van der Waals surface area contributed by atoms with E-state index in [1.165, 1.54) is 24.3 Å². The van der Waals surface area contributed by atoms with Crippen LogP contribution in [-0.2, 0) is 20.9 Å². The fourth-order valence-electron chi connectivity index (χ4n) is 9.00. The molecule has 14 heteroatoms. The van der Waals surface area contributed by atoms with Crippen LogP contribution in [0.4, 0.5) is 14.9 Å². The number of unbranched alkanes of at least 4 members (excludes halogenated alkanes) is 2. The number of fused-ring (bicyclic) bond motifs is 2. The molecule has 1 aliphatic heterocycles. The highest BCUT2D eigenvalue weighted by Crippen LogP contribution is 2.62. The Kier molecular flexibility index (Phi) is 14.9. The van der Waals surface area contributed by atoms with E-state index in [0.29, 0.717) is 35.6 Å². The van der Waals surface area contributed by atoms with E-state index in [-0.39, 0.29) is 68.6 Å². The molecule has 1 heterocycles. The molecule has 6 unspecified atom stereocenters. The number of nitrogens with zero attached hydrogens (tertiary/aromatic N) is 3. The Labute approximate surface area is 356 Å². The molecule has 0 spiro atoms. The topological polar surface area (TPSA) is 162 Å². The summed E-state index contributed by atoms with van der Waals surface area (Å²) in [5.74, 6) is -1.76. The molecule has 0 radical (unpaired) electrons. The van der Waals surface area contributed by atoms with Crippen LogP contribution in [-0.4, -0.2) is 75.7 Å². The number of aliphatic hydroxyl groups excluding tert-OH is 2. The number of hydrogen-bond acceptors (Lipinski definition) is 11. The Hall–Kier alpha value is -5.31. The molecule has 1 fully saturated rings. The first-order valence-electron chi connectivity index (χ1n) is 21.2. The molecule has 1 saturated carbocycles. The Balaban J connectivity index is 1.62. The molecule has 3 aromatic carbocycles. The number of halogens is 1. The van der Waals surface area contributed by atoms with E-state index < -0.39 is 40.2 Å². The lowest BCUT2D eigenvalue weighted by Gasteiger charge is -2.60. The second-order valence-electron chi connectivity index (χ2n) is 16.8. The molecule has 6 atom stereocenters. The maximum atomic E-state index is 14.4. The van der Waals surface area contributed by atoms with Crippen LogP contribution in [0.25, 0.3) is 0 Å². The summed E-state index contributed by atoms with van der Waals surface area (Å²) in [5, 5.41) is 36.3. The molecule has 328 valence electrons. The lowest BCUT2D eigenvalue weighted by molar-refractivity contribution is -0.384. The number of allylic oxidation sites excluding steroid dienone is 1. The van der Waals surface area contributed by atoms with Crippen molar-refractivity contribution in [3.63, 3.8) is 0 Å². The molecule has 1 amide bonds. The number of benzene rings is 3. The molecule has 3 aromatic rings. The number of oxime groups is 1. The lowest BCUT2D eigenvalue weighted by Crippen LogP contribution is -2.70. The van der Waals surface area contributed by atoms with Crippen LogP contribution >= 0.6 is 0 Å². The molecular formula is C47H58FN3O10. The van der Waals surface area contributed by atoms with E-state index in [0.717, 1.165) is 36.8 Å². The number of non-ortho nitro benzene ring substituents is 1. The number of carbonyl (C=O) groups is 1. The number of carbonyl (C=O) groups excluding carboxylic acids is 1. The molecule has 0 saturated heterocycles. The summed E-state index contributed by atoms with van der Waals surface area (Å²) in [7, 11) is 0. The summed E-state index contributed by atoms with van der Waals surface area (Å²) in [4.78, 5) is 33.3. The van der Waals surface area contributed by atoms with Crippen molar-refractivity contribution >= 4 is 17.5 Å². The highest BCUT2D eigenvalue weighted by Gasteiger charge is 2.65. The first-order valence-corrected chi connectivity index (χ1v) is 21.2. The zero-order chi connectivity index (χ0) is 43.7. The van der Waals surface area contributed by atoms with Crippen LogP contribution in [0, 0.1) is 33.7 Å². The number of rotatable bonds is 19. The molecule has 2 aliphatic carbocycles.